The number of alkyl halides is 3. The molecule has 1 unspecified atom stereocenters. The summed E-state index contributed by atoms with van der Waals surface area (Å²) in [4.78, 5) is 10.9. The fraction of sp³-hybridized carbons (Fsp3) is 0.875. The number of hydrogen-bond donors (Lipinski definition) is 0. The molecule has 14 heavy (non-hydrogen) atoms. The van der Waals surface area contributed by atoms with Crippen LogP contribution in [0.15, 0.2) is 0 Å². The van der Waals surface area contributed by atoms with Crippen LogP contribution < -0.4 is 0 Å². The molecule has 0 aromatic heterocycles. The highest BCUT2D eigenvalue weighted by Crippen LogP contribution is 2.27. The molecule has 0 aliphatic heterocycles. The lowest BCUT2D eigenvalue weighted by atomic mass is 10.1. The van der Waals surface area contributed by atoms with Crippen LogP contribution in [-0.4, -0.2) is 32.0 Å². The largest absolute Gasteiger partial charge is 0.465 e. The maximum absolute atomic E-state index is 12.2. The Kier molecular flexibility index (Phi) is 5.52. The molecule has 0 aromatic rings. The molecule has 0 radical (unpaired) electrons. The zero-order valence-electron chi connectivity index (χ0n) is 8.06. The fourth-order valence-corrected chi connectivity index (χ4v) is 0.775. The van der Waals surface area contributed by atoms with Crippen molar-refractivity contribution in [3.63, 3.8) is 0 Å². The average molecular weight is 214 g/mol. The van der Waals surface area contributed by atoms with E-state index < -0.39 is 24.7 Å². The average Bonchev–Trinajstić information content (AvgIpc) is 2.03. The predicted octanol–water partition coefficient (Wildman–Crippen LogP) is 1.76. The molecule has 84 valence electrons. The highest BCUT2D eigenvalue weighted by Gasteiger charge is 2.46. The van der Waals surface area contributed by atoms with E-state index in [2.05, 4.69) is 9.47 Å². The summed E-state index contributed by atoms with van der Waals surface area (Å²) in [6.07, 6.45) is -4.61. The van der Waals surface area contributed by atoms with Gasteiger partial charge in [-0.25, -0.2) is 0 Å². The molecule has 0 saturated heterocycles. The molecule has 0 amide bonds. The Labute approximate surface area is 80.2 Å². The zero-order valence-corrected chi connectivity index (χ0v) is 8.06. The number of halogens is 3. The van der Waals surface area contributed by atoms with Gasteiger partial charge in [-0.1, -0.05) is 0 Å². The third kappa shape index (κ3) is 4.45. The number of rotatable bonds is 5. The van der Waals surface area contributed by atoms with Gasteiger partial charge in [0.2, 0.25) is 0 Å². The monoisotopic (exact) mass is 214 g/mol. The fourth-order valence-electron chi connectivity index (χ4n) is 0.775. The Bertz CT molecular complexity index is 179. The molecule has 1 atom stereocenters. The molecule has 0 N–H and O–H groups in total. The predicted molar refractivity (Wildman–Crippen MR) is 42.7 cm³/mol. The molecule has 6 heteroatoms. The van der Waals surface area contributed by atoms with Crippen molar-refractivity contribution in [1.29, 1.82) is 0 Å². The van der Waals surface area contributed by atoms with Gasteiger partial charge in [0, 0.05) is 6.61 Å². The smallest absolute Gasteiger partial charge is 0.404 e. The molecule has 0 bridgehead atoms. The Balaban J connectivity index is 4.31. The van der Waals surface area contributed by atoms with Gasteiger partial charge >= 0.3 is 12.1 Å². The van der Waals surface area contributed by atoms with Gasteiger partial charge in [0.15, 0.2) is 5.92 Å². The first kappa shape index (κ1) is 13.2. The Morgan fingerprint density at radius 3 is 2.21 bits per heavy atom. The summed E-state index contributed by atoms with van der Waals surface area (Å²) in [5.41, 5.74) is 0. The van der Waals surface area contributed by atoms with Gasteiger partial charge in [0.05, 0.1) is 13.2 Å². The van der Waals surface area contributed by atoms with E-state index in [9.17, 15) is 18.0 Å². The van der Waals surface area contributed by atoms with Gasteiger partial charge < -0.3 is 9.47 Å². The molecular weight excluding hydrogens is 201 g/mol. The second-order valence-corrected chi connectivity index (χ2v) is 2.51. The van der Waals surface area contributed by atoms with Crippen LogP contribution >= 0.6 is 0 Å². The molecule has 0 aromatic carbocycles. The first-order valence-electron chi connectivity index (χ1n) is 4.24. The Hall–Kier alpha value is -0.780. The third-order valence-electron chi connectivity index (χ3n) is 1.45. The van der Waals surface area contributed by atoms with E-state index in [1.165, 1.54) is 6.92 Å². The summed E-state index contributed by atoms with van der Waals surface area (Å²) in [5.74, 6) is -3.46. The molecule has 0 fully saturated rings. The molecule has 0 aliphatic rings. The van der Waals surface area contributed by atoms with Gasteiger partial charge in [0.1, 0.15) is 0 Å². The van der Waals surface area contributed by atoms with Crippen molar-refractivity contribution in [2.45, 2.75) is 20.0 Å². The van der Waals surface area contributed by atoms with Crippen molar-refractivity contribution in [3.05, 3.63) is 0 Å². The van der Waals surface area contributed by atoms with Crippen LogP contribution in [-0.2, 0) is 14.3 Å². The van der Waals surface area contributed by atoms with Crippen LogP contribution in [0, 0.1) is 5.92 Å². The number of hydrogen-bond acceptors (Lipinski definition) is 3. The topological polar surface area (TPSA) is 35.5 Å². The van der Waals surface area contributed by atoms with Gasteiger partial charge in [-0.2, -0.15) is 13.2 Å². The first-order valence-corrected chi connectivity index (χ1v) is 4.24. The summed E-state index contributed by atoms with van der Waals surface area (Å²) >= 11 is 0. The van der Waals surface area contributed by atoms with Crippen LogP contribution in [0.5, 0.6) is 0 Å². The summed E-state index contributed by atoms with van der Waals surface area (Å²) in [6.45, 7) is 2.38. The van der Waals surface area contributed by atoms with Crippen LogP contribution in [0.2, 0.25) is 0 Å². The minimum atomic E-state index is -4.61. The SMILES string of the molecule is CCOCC(C(=O)OCC)C(F)(F)F. The number of carbonyl (C=O) groups excluding carboxylic acids is 1. The van der Waals surface area contributed by atoms with Gasteiger partial charge in [-0.15, -0.1) is 0 Å². The second-order valence-electron chi connectivity index (χ2n) is 2.51. The maximum atomic E-state index is 12.2. The first-order chi connectivity index (χ1) is 6.43. The third-order valence-corrected chi connectivity index (χ3v) is 1.45. The van der Waals surface area contributed by atoms with Crippen molar-refractivity contribution in [2.75, 3.05) is 19.8 Å². The van der Waals surface area contributed by atoms with Crippen LogP contribution in [0.3, 0.4) is 0 Å². The molecule has 0 rings (SSSR count). The quantitative estimate of drug-likeness (QED) is 0.654. The van der Waals surface area contributed by atoms with Gasteiger partial charge in [0.25, 0.3) is 0 Å². The van der Waals surface area contributed by atoms with E-state index in [0.29, 0.717) is 0 Å². The Morgan fingerprint density at radius 2 is 1.86 bits per heavy atom. The van der Waals surface area contributed by atoms with E-state index >= 15 is 0 Å². The van der Waals surface area contributed by atoms with E-state index in [-0.39, 0.29) is 13.2 Å². The number of esters is 1. The molecule has 0 saturated carbocycles. The van der Waals surface area contributed by atoms with Crippen LogP contribution in [0.25, 0.3) is 0 Å². The highest BCUT2D eigenvalue weighted by molar-refractivity contribution is 5.73. The lowest BCUT2D eigenvalue weighted by molar-refractivity contribution is -0.206. The minimum Gasteiger partial charge on any atom is -0.465 e. The number of ether oxygens (including phenoxy) is 2. The Morgan fingerprint density at radius 1 is 1.29 bits per heavy atom. The van der Waals surface area contributed by atoms with Gasteiger partial charge in [-0.05, 0) is 13.8 Å². The van der Waals surface area contributed by atoms with E-state index in [1.807, 2.05) is 0 Å². The molecule has 0 aliphatic carbocycles. The molecule has 3 nitrogen and oxygen atoms in total. The summed E-state index contributed by atoms with van der Waals surface area (Å²) in [6, 6.07) is 0. The normalized spacial score (nSPS) is 13.8. The minimum absolute atomic E-state index is 0.0719. The second kappa shape index (κ2) is 5.85. The van der Waals surface area contributed by atoms with Crippen molar-refractivity contribution in [1.82, 2.24) is 0 Å². The van der Waals surface area contributed by atoms with E-state index in [1.54, 1.807) is 6.92 Å². The zero-order chi connectivity index (χ0) is 11.2. The van der Waals surface area contributed by atoms with E-state index in [0.717, 1.165) is 0 Å². The van der Waals surface area contributed by atoms with Crippen molar-refractivity contribution in [3.8, 4) is 0 Å². The number of carbonyl (C=O) groups is 1. The summed E-state index contributed by atoms with van der Waals surface area (Å²) < 4.78 is 45.6. The maximum Gasteiger partial charge on any atom is 0.404 e. The lowest BCUT2D eigenvalue weighted by Crippen LogP contribution is -2.36. The molecule has 0 spiro atoms. The van der Waals surface area contributed by atoms with Crippen molar-refractivity contribution in [2.24, 2.45) is 5.92 Å². The van der Waals surface area contributed by atoms with Gasteiger partial charge in [-0.3, -0.25) is 4.79 Å². The van der Waals surface area contributed by atoms with E-state index in [4.69, 9.17) is 0 Å². The van der Waals surface area contributed by atoms with Crippen molar-refractivity contribution < 1.29 is 27.4 Å². The van der Waals surface area contributed by atoms with Crippen molar-refractivity contribution >= 4 is 5.97 Å². The lowest BCUT2D eigenvalue weighted by Gasteiger charge is -2.17. The highest BCUT2D eigenvalue weighted by atomic mass is 19.4. The summed E-state index contributed by atoms with van der Waals surface area (Å²) in [7, 11) is 0. The summed E-state index contributed by atoms with van der Waals surface area (Å²) in [5, 5.41) is 0. The van der Waals surface area contributed by atoms with Crippen LogP contribution in [0.4, 0.5) is 13.2 Å². The standard InChI is InChI=1S/C8H13F3O3/c1-3-13-5-6(8(9,10)11)7(12)14-4-2/h6H,3-5H2,1-2H3. The molecular formula is C8H13F3O3. The molecule has 0 heterocycles. The van der Waals surface area contributed by atoms with Crippen LogP contribution in [0.1, 0.15) is 13.8 Å².